The first-order valence-corrected chi connectivity index (χ1v) is 7.87. The van der Waals surface area contributed by atoms with Crippen LogP contribution in [0.4, 0.5) is 5.95 Å². The maximum Gasteiger partial charge on any atom is 0.225 e. The smallest absolute Gasteiger partial charge is 0.225 e. The van der Waals surface area contributed by atoms with E-state index in [-0.39, 0.29) is 0 Å². The summed E-state index contributed by atoms with van der Waals surface area (Å²) in [7, 11) is 0. The maximum absolute atomic E-state index is 5.98. The molecule has 1 fully saturated rings. The summed E-state index contributed by atoms with van der Waals surface area (Å²) in [6.45, 7) is 8.85. The number of ether oxygens (including phenoxy) is 1. The molecule has 1 saturated heterocycles. The molecule has 4 nitrogen and oxygen atoms in total. The number of aryl methyl sites for hydroxylation is 3. The fraction of sp³-hybridized carbons (Fsp3) is 0.444. The van der Waals surface area contributed by atoms with Crippen molar-refractivity contribution in [2.24, 2.45) is 5.92 Å². The van der Waals surface area contributed by atoms with Gasteiger partial charge < -0.3 is 9.64 Å². The molecule has 4 heteroatoms. The first-order chi connectivity index (χ1) is 10.6. The van der Waals surface area contributed by atoms with Crippen LogP contribution >= 0.6 is 0 Å². The fourth-order valence-electron chi connectivity index (χ4n) is 2.93. The van der Waals surface area contributed by atoms with Gasteiger partial charge in [0, 0.05) is 30.4 Å². The molecule has 0 amide bonds. The summed E-state index contributed by atoms with van der Waals surface area (Å²) < 4.78 is 5.98. The average Bonchev–Trinajstić information content (AvgIpc) is 2.94. The highest BCUT2D eigenvalue weighted by molar-refractivity contribution is 5.34. The minimum atomic E-state index is 0.532. The zero-order valence-corrected chi connectivity index (χ0v) is 13.5. The largest absolute Gasteiger partial charge is 0.493 e. The van der Waals surface area contributed by atoms with Gasteiger partial charge in [0.25, 0.3) is 0 Å². The number of benzene rings is 1. The van der Waals surface area contributed by atoms with Crippen molar-refractivity contribution in [1.29, 1.82) is 0 Å². The van der Waals surface area contributed by atoms with Crippen molar-refractivity contribution >= 4 is 5.95 Å². The van der Waals surface area contributed by atoms with Crippen molar-refractivity contribution in [3.8, 4) is 5.75 Å². The zero-order chi connectivity index (χ0) is 15.5. The van der Waals surface area contributed by atoms with Crippen molar-refractivity contribution < 1.29 is 4.74 Å². The fourth-order valence-corrected chi connectivity index (χ4v) is 2.93. The van der Waals surface area contributed by atoms with Gasteiger partial charge in [-0.1, -0.05) is 18.2 Å². The molecule has 1 atom stereocenters. The van der Waals surface area contributed by atoms with Crippen molar-refractivity contribution in [3.63, 3.8) is 0 Å². The SMILES string of the molecule is Cc1cc(C)nc(N2CCC(COc3ccccc3C)C2)n1. The Morgan fingerprint density at radius 1 is 1.14 bits per heavy atom. The van der Waals surface area contributed by atoms with E-state index in [1.165, 1.54) is 5.56 Å². The van der Waals surface area contributed by atoms with E-state index in [4.69, 9.17) is 4.74 Å². The monoisotopic (exact) mass is 297 g/mol. The normalized spacial score (nSPS) is 17.8. The van der Waals surface area contributed by atoms with E-state index >= 15 is 0 Å². The van der Waals surface area contributed by atoms with Gasteiger partial charge in [0.15, 0.2) is 0 Å². The van der Waals surface area contributed by atoms with Crippen molar-refractivity contribution in [3.05, 3.63) is 47.3 Å². The third kappa shape index (κ3) is 3.38. The van der Waals surface area contributed by atoms with E-state index in [1.807, 2.05) is 38.1 Å². The van der Waals surface area contributed by atoms with Gasteiger partial charge in [-0.2, -0.15) is 0 Å². The minimum Gasteiger partial charge on any atom is -0.493 e. The van der Waals surface area contributed by atoms with E-state index in [0.717, 1.165) is 49.2 Å². The predicted molar refractivity (Wildman–Crippen MR) is 88.5 cm³/mol. The Kier molecular flexibility index (Phi) is 4.27. The standard InChI is InChI=1S/C18H23N3O/c1-13-6-4-5-7-17(13)22-12-16-8-9-21(11-16)18-19-14(2)10-15(3)20-18/h4-7,10,16H,8-9,11-12H2,1-3H3. The summed E-state index contributed by atoms with van der Waals surface area (Å²) >= 11 is 0. The summed E-state index contributed by atoms with van der Waals surface area (Å²) in [5.41, 5.74) is 3.25. The topological polar surface area (TPSA) is 38.2 Å². The van der Waals surface area contributed by atoms with Gasteiger partial charge in [-0.15, -0.1) is 0 Å². The lowest BCUT2D eigenvalue weighted by Crippen LogP contribution is -2.24. The average molecular weight is 297 g/mol. The van der Waals surface area contributed by atoms with Crippen LogP contribution in [-0.2, 0) is 0 Å². The Hall–Kier alpha value is -2.10. The van der Waals surface area contributed by atoms with Crippen LogP contribution in [-0.4, -0.2) is 29.7 Å². The third-order valence-corrected chi connectivity index (χ3v) is 4.11. The number of hydrogen-bond donors (Lipinski definition) is 0. The van der Waals surface area contributed by atoms with Gasteiger partial charge in [0.05, 0.1) is 6.61 Å². The highest BCUT2D eigenvalue weighted by Crippen LogP contribution is 2.23. The molecule has 0 N–H and O–H groups in total. The number of aromatic nitrogens is 2. The Bertz CT molecular complexity index is 636. The molecule has 1 aromatic heterocycles. The van der Waals surface area contributed by atoms with Gasteiger partial charge in [-0.3, -0.25) is 0 Å². The van der Waals surface area contributed by atoms with Gasteiger partial charge in [0.2, 0.25) is 5.95 Å². The lowest BCUT2D eigenvalue weighted by Gasteiger charge is -2.17. The Balaban J connectivity index is 1.59. The molecule has 22 heavy (non-hydrogen) atoms. The van der Waals surface area contributed by atoms with Crippen LogP contribution in [0.25, 0.3) is 0 Å². The second-order valence-corrected chi connectivity index (χ2v) is 6.13. The highest BCUT2D eigenvalue weighted by Gasteiger charge is 2.25. The van der Waals surface area contributed by atoms with E-state index in [9.17, 15) is 0 Å². The molecule has 1 aliphatic rings. The summed E-state index contributed by atoms with van der Waals surface area (Å²) in [4.78, 5) is 11.4. The van der Waals surface area contributed by atoms with Crippen molar-refractivity contribution in [1.82, 2.24) is 9.97 Å². The number of para-hydroxylation sites is 1. The maximum atomic E-state index is 5.98. The first-order valence-electron chi connectivity index (χ1n) is 7.87. The van der Waals surface area contributed by atoms with Crippen LogP contribution in [0.1, 0.15) is 23.4 Å². The lowest BCUT2D eigenvalue weighted by atomic mass is 10.1. The summed E-state index contributed by atoms with van der Waals surface area (Å²) in [6, 6.07) is 10.2. The highest BCUT2D eigenvalue weighted by atomic mass is 16.5. The molecule has 2 aromatic rings. The Morgan fingerprint density at radius 3 is 2.59 bits per heavy atom. The summed E-state index contributed by atoms with van der Waals surface area (Å²) in [5, 5.41) is 0. The molecule has 1 aromatic carbocycles. The molecule has 1 aliphatic heterocycles. The molecule has 1 unspecified atom stereocenters. The second kappa shape index (κ2) is 6.34. The minimum absolute atomic E-state index is 0.532. The van der Waals surface area contributed by atoms with Crippen LogP contribution in [0.5, 0.6) is 5.75 Å². The number of anilines is 1. The lowest BCUT2D eigenvalue weighted by molar-refractivity contribution is 0.259. The Morgan fingerprint density at radius 2 is 1.86 bits per heavy atom. The van der Waals surface area contributed by atoms with Gasteiger partial charge in [-0.05, 0) is 44.9 Å². The second-order valence-electron chi connectivity index (χ2n) is 6.13. The predicted octanol–water partition coefficient (Wildman–Crippen LogP) is 3.31. The summed E-state index contributed by atoms with van der Waals surface area (Å²) in [5.74, 6) is 2.38. The molecule has 0 bridgehead atoms. The number of hydrogen-bond acceptors (Lipinski definition) is 4. The molecule has 0 aliphatic carbocycles. The van der Waals surface area contributed by atoms with Crippen LogP contribution in [0.3, 0.4) is 0 Å². The van der Waals surface area contributed by atoms with Gasteiger partial charge in [0.1, 0.15) is 5.75 Å². The van der Waals surface area contributed by atoms with E-state index in [1.54, 1.807) is 0 Å². The van der Waals surface area contributed by atoms with Crippen LogP contribution in [0.15, 0.2) is 30.3 Å². The molecule has 0 saturated carbocycles. The number of nitrogens with zero attached hydrogens (tertiary/aromatic N) is 3. The van der Waals surface area contributed by atoms with E-state index in [2.05, 4.69) is 27.9 Å². The first kappa shape index (κ1) is 14.8. The number of rotatable bonds is 4. The molecular formula is C18H23N3O. The summed E-state index contributed by atoms with van der Waals surface area (Å²) in [6.07, 6.45) is 1.13. The molecule has 0 radical (unpaired) electrons. The third-order valence-electron chi connectivity index (χ3n) is 4.11. The Labute approximate surface area is 132 Å². The molecule has 116 valence electrons. The van der Waals surface area contributed by atoms with E-state index < -0.39 is 0 Å². The van der Waals surface area contributed by atoms with Crippen molar-refractivity contribution in [2.75, 3.05) is 24.6 Å². The van der Waals surface area contributed by atoms with Crippen LogP contribution < -0.4 is 9.64 Å². The molecular weight excluding hydrogens is 274 g/mol. The van der Waals surface area contributed by atoms with Crippen LogP contribution in [0.2, 0.25) is 0 Å². The molecule has 3 rings (SSSR count). The zero-order valence-electron chi connectivity index (χ0n) is 13.5. The molecule has 0 spiro atoms. The molecule has 2 heterocycles. The quantitative estimate of drug-likeness (QED) is 0.868. The van der Waals surface area contributed by atoms with Gasteiger partial charge in [-0.25, -0.2) is 9.97 Å². The van der Waals surface area contributed by atoms with E-state index in [0.29, 0.717) is 5.92 Å². The van der Waals surface area contributed by atoms with Gasteiger partial charge >= 0.3 is 0 Å². The van der Waals surface area contributed by atoms with Crippen LogP contribution in [0, 0.1) is 26.7 Å². The van der Waals surface area contributed by atoms with Crippen molar-refractivity contribution in [2.45, 2.75) is 27.2 Å².